The first-order chi connectivity index (χ1) is 13.4. The smallest absolute Gasteiger partial charge is 0.243 e. The number of hydrogen-bond donors (Lipinski definition) is 0. The average Bonchev–Trinajstić information content (AvgIpc) is 2.71. The topological polar surface area (TPSA) is 60.9 Å². The fourth-order valence-electron chi connectivity index (χ4n) is 3.95. The third-order valence-corrected chi connectivity index (χ3v) is 7.53. The van der Waals surface area contributed by atoms with E-state index < -0.39 is 10.0 Å². The van der Waals surface area contributed by atoms with E-state index in [1.807, 2.05) is 32.2 Å². The number of carbonyl (C=O) groups is 1. The third-order valence-electron chi connectivity index (χ3n) is 5.64. The minimum atomic E-state index is -3.46. The highest BCUT2D eigenvalue weighted by Gasteiger charge is 2.29. The average molecular weight is 400 g/mol. The first-order valence-electron chi connectivity index (χ1n) is 9.57. The van der Waals surface area contributed by atoms with Crippen LogP contribution in [0.15, 0.2) is 47.4 Å². The van der Waals surface area contributed by atoms with E-state index in [-0.39, 0.29) is 5.91 Å². The van der Waals surface area contributed by atoms with E-state index in [0.717, 1.165) is 23.4 Å². The van der Waals surface area contributed by atoms with Crippen molar-refractivity contribution >= 4 is 27.3 Å². The molecule has 6 nitrogen and oxygen atoms in total. The highest BCUT2D eigenvalue weighted by atomic mass is 32.2. The molecule has 4 rings (SSSR count). The minimum absolute atomic E-state index is 0.148. The van der Waals surface area contributed by atoms with Crippen LogP contribution in [-0.4, -0.2) is 51.9 Å². The predicted molar refractivity (Wildman–Crippen MR) is 110 cm³/mol. The Morgan fingerprint density at radius 1 is 0.929 bits per heavy atom. The highest BCUT2D eigenvalue weighted by Crippen LogP contribution is 2.31. The number of carbonyl (C=O) groups excluding carboxylic acids is 1. The Balaban J connectivity index is 1.48. The maximum atomic E-state index is 12.9. The normalized spacial score (nSPS) is 18.3. The molecule has 0 unspecified atom stereocenters. The second-order valence-corrected chi connectivity index (χ2v) is 9.41. The molecule has 0 N–H and O–H groups in total. The molecular weight excluding hydrogens is 374 g/mol. The number of amides is 1. The van der Waals surface area contributed by atoms with Crippen molar-refractivity contribution in [2.75, 3.05) is 43.0 Å². The van der Waals surface area contributed by atoms with Crippen LogP contribution in [0.5, 0.6) is 0 Å². The molecule has 28 heavy (non-hydrogen) atoms. The summed E-state index contributed by atoms with van der Waals surface area (Å²) in [6.07, 6.45) is 1.30. The number of piperazine rings is 1. The summed E-state index contributed by atoms with van der Waals surface area (Å²) in [6.45, 7) is 4.13. The van der Waals surface area contributed by atoms with Gasteiger partial charge in [0.05, 0.1) is 4.90 Å². The van der Waals surface area contributed by atoms with Crippen molar-refractivity contribution in [3.63, 3.8) is 0 Å². The van der Waals surface area contributed by atoms with Crippen LogP contribution in [0.2, 0.25) is 0 Å². The Morgan fingerprint density at radius 2 is 1.68 bits per heavy atom. The van der Waals surface area contributed by atoms with Gasteiger partial charge in [0.2, 0.25) is 15.9 Å². The maximum absolute atomic E-state index is 12.9. The molecule has 1 amide bonds. The molecule has 1 saturated heterocycles. The van der Waals surface area contributed by atoms with E-state index in [1.165, 1.54) is 5.56 Å². The van der Waals surface area contributed by atoms with Crippen LogP contribution in [0.4, 0.5) is 11.4 Å². The summed E-state index contributed by atoms with van der Waals surface area (Å²) in [5.74, 6) is 0.148. The van der Waals surface area contributed by atoms with Gasteiger partial charge >= 0.3 is 0 Å². The quantitative estimate of drug-likeness (QED) is 0.795. The fourth-order valence-corrected chi connectivity index (χ4v) is 5.48. The van der Waals surface area contributed by atoms with Crippen molar-refractivity contribution < 1.29 is 13.2 Å². The maximum Gasteiger partial charge on any atom is 0.243 e. The molecule has 148 valence electrons. The van der Waals surface area contributed by atoms with Crippen molar-refractivity contribution in [1.29, 1.82) is 0 Å². The van der Waals surface area contributed by atoms with Gasteiger partial charge in [0.25, 0.3) is 0 Å². The summed E-state index contributed by atoms with van der Waals surface area (Å²) in [4.78, 5) is 16.2. The van der Waals surface area contributed by atoms with Crippen molar-refractivity contribution in [1.82, 2.24) is 4.31 Å². The van der Waals surface area contributed by atoms with E-state index >= 15 is 0 Å². The van der Waals surface area contributed by atoms with Gasteiger partial charge in [-0.05, 0) is 54.8 Å². The second kappa shape index (κ2) is 7.22. The summed E-state index contributed by atoms with van der Waals surface area (Å²) in [5, 5.41) is 0. The van der Waals surface area contributed by atoms with Gasteiger partial charge in [0.1, 0.15) is 0 Å². The summed E-state index contributed by atoms with van der Waals surface area (Å²) in [7, 11) is -1.64. The molecule has 1 fully saturated rings. The zero-order valence-corrected chi connectivity index (χ0v) is 17.1. The number of hydrogen-bond acceptors (Lipinski definition) is 4. The number of aryl methyl sites for hydroxylation is 2. The number of benzene rings is 2. The highest BCUT2D eigenvalue weighted by molar-refractivity contribution is 7.89. The number of rotatable bonds is 3. The number of nitrogens with zero attached hydrogens (tertiary/aromatic N) is 3. The van der Waals surface area contributed by atoms with E-state index in [2.05, 4.69) is 11.0 Å². The molecule has 2 heterocycles. The molecule has 0 aliphatic carbocycles. The van der Waals surface area contributed by atoms with Gasteiger partial charge in [-0.15, -0.1) is 0 Å². The molecule has 2 aromatic carbocycles. The zero-order chi connectivity index (χ0) is 19.9. The van der Waals surface area contributed by atoms with E-state index in [0.29, 0.717) is 37.5 Å². The summed E-state index contributed by atoms with van der Waals surface area (Å²) < 4.78 is 27.4. The van der Waals surface area contributed by atoms with Crippen LogP contribution >= 0.6 is 0 Å². The molecule has 2 aromatic rings. The van der Waals surface area contributed by atoms with Gasteiger partial charge < -0.3 is 9.80 Å². The molecule has 2 aliphatic rings. The van der Waals surface area contributed by atoms with Gasteiger partial charge in [-0.2, -0.15) is 4.31 Å². The molecular formula is C21H25N3O3S. The molecule has 0 radical (unpaired) electrons. The Labute approximate surface area is 166 Å². The van der Waals surface area contributed by atoms with Gasteiger partial charge in [0.15, 0.2) is 0 Å². The second-order valence-electron chi connectivity index (χ2n) is 7.47. The Kier molecular flexibility index (Phi) is 4.89. The number of anilines is 2. The predicted octanol–water partition coefficient (Wildman–Crippen LogP) is 2.41. The summed E-state index contributed by atoms with van der Waals surface area (Å²) in [5.41, 5.74) is 4.18. The van der Waals surface area contributed by atoms with Crippen LogP contribution in [-0.2, 0) is 21.2 Å². The lowest BCUT2D eigenvalue weighted by atomic mass is 10.0. The monoisotopic (exact) mass is 399 g/mol. The van der Waals surface area contributed by atoms with E-state index in [9.17, 15) is 13.2 Å². The fraction of sp³-hybridized carbons (Fsp3) is 0.381. The zero-order valence-electron chi connectivity index (χ0n) is 16.3. The number of sulfonamides is 1. The van der Waals surface area contributed by atoms with E-state index in [4.69, 9.17) is 0 Å². The van der Waals surface area contributed by atoms with Crippen LogP contribution < -0.4 is 9.80 Å². The molecule has 2 aliphatic heterocycles. The van der Waals surface area contributed by atoms with Gasteiger partial charge in [-0.3, -0.25) is 4.79 Å². The molecule has 0 saturated carbocycles. The first-order valence-corrected chi connectivity index (χ1v) is 11.0. The lowest BCUT2D eigenvalue weighted by molar-refractivity contribution is -0.118. The van der Waals surface area contributed by atoms with Crippen LogP contribution in [0.3, 0.4) is 0 Å². The molecule has 0 spiro atoms. The van der Waals surface area contributed by atoms with Crippen molar-refractivity contribution in [3.05, 3.63) is 53.6 Å². The lowest BCUT2D eigenvalue weighted by Gasteiger charge is -2.36. The van der Waals surface area contributed by atoms with Crippen LogP contribution in [0.1, 0.15) is 17.5 Å². The summed E-state index contributed by atoms with van der Waals surface area (Å²) in [6, 6.07) is 13.2. The van der Waals surface area contributed by atoms with E-state index in [1.54, 1.807) is 27.4 Å². The van der Waals surface area contributed by atoms with Gasteiger partial charge in [-0.25, -0.2) is 8.42 Å². The standard InChI is InChI=1S/C21H25N3O3S/c1-16-4-3-5-19(14-16)28(26,27)24-12-10-23(11-13-24)18-7-8-20-17(15-18)6-9-21(25)22(20)2/h3-5,7-8,14-15H,6,9-13H2,1-2H3. The molecule has 0 bridgehead atoms. The van der Waals surface area contributed by atoms with Gasteiger partial charge in [-0.1, -0.05) is 12.1 Å². The number of fused-ring (bicyclic) bond motifs is 1. The van der Waals surface area contributed by atoms with Crippen molar-refractivity contribution in [2.24, 2.45) is 0 Å². The third kappa shape index (κ3) is 3.40. The van der Waals surface area contributed by atoms with Crippen molar-refractivity contribution in [2.45, 2.75) is 24.7 Å². The largest absolute Gasteiger partial charge is 0.369 e. The molecule has 0 aromatic heterocycles. The lowest BCUT2D eigenvalue weighted by Crippen LogP contribution is -2.48. The Hall–Kier alpha value is -2.38. The summed E-state index contributed by atoms with van der Waals surface area (Å²) >= 11 is 0. The van der Waals surface area contributed by atoms with Crippen LogP contribution in [0, 0.1) is 6.92 Å². The molecule has 7 heteroatoms. The SMILES string of the molecule is Cc1cccc(S(=O)(=O)N2CCN(c3ccc4c(c3)CCC(=O)N4C)CC2)c1. The first kappa shape index (κ1) is 19.0. The Morgan fingerprint density at radius 3 is 2.39 bits per heavy atom. The molecule has 0 atom stereocenters. The van der Waals surface area contributed by atoms with Crippen LogP contribution in [0.25, 0.3) is 0 Å². The minimum Gasteiger partial charge on any atom is -0.369 e. The Bertz CT molecular complexity index is 1010. The van der Waals surface area contributed by atoms with Crippen molar-refractivity contribution in [3.8, 4) is 0 Å². The van der Waals surface area contributed by atoms with Gasteiger partial charge in [0, 0.05) is 51.0 Å².